The summed E-state index contributed by atoms with van der Waals surface area (Å²) in [4.78, 5) is 13.6. The van der Waals surface area contributed by atoms with Gasteiger partial charge in [-0.2, -0.15) is 0 Å². The van der Waals surface area contributed by atoms with E-state index in [-0.39, 0.29) is 6.09 Å². The summed E-state index contributed by atoms with van der Waals surface area (Å²) in [5.74, 6) is 0. The normalized spacial score (nSPS) is 22.0. The molecule has 2 fully saturated rings. The number of ether oxygens (including phenoxy) is 2. The van der Waals surface area contributed by atoms with Crippen LogP contribution in [0.3, 0.4) is 0 Å². The molecule has 5 nitrogen and oxygen atoms in total. The molecule has 1 saturated carbocycles. The SMILES string of the molecule is CC(C)(C)OC(=O)N1CC2(CC(OCCCN)C2)C1. The molecule has 0 aromatic carbocycles. The lowest BCUT2D eigenvalue weighted by Gasteiger charge is -2.58. The van der Waals surface area contributed by atoms with Crippen LogP contribution in [0.25, 0.3) is 0 Å². The molecule has 19 heavy (non-hydrogen) atoms. The van der Waals surface area contributed by atoms with Gasteiger partial charge in [0.05, 0.1) is 6.10 Å². The van der Waals surface area contributed by atoms with Crippen LogP contribution < -0.4 is 5.73 Å². The summed E-state index contributed by atoms with van der Waals surface area (Å²) in [6, 6.07) is 0. The number of carbonyl (C=O) groups excluding carboxylic acids is 1. The predicted octanol–water partition coefficient (Wildman–Crippen LogP) is 1.75. The molecule has 5 heteroatoms. The highest BCUT2D eigenvalue weighted by Gasteiger charge is 2.54. The van der Waals surface area contributed by atoms with Crippen LogP contribution in [-0.2, 0) is 9.47 Å². The Morgan fingerprint density at radius 3 is 2.53 bits per heavy atom. The van der Waals surface area contributed by atoms with E-state index in [4.69, 9.17) is 15.2 Å². The van der Waals surface area contributed by atoms with Crippen molar-refractivity contribution in [2.24, 2.45) is 11.1 Å². The fourth-order valence-electron chi connectivity index (χ4n) is 2.83. The van der Waals surface area contributed by atoms with E-state index in [0.717, 1.165) is 39.0 Å². The first kappa shape index (κ1) is 14.6. The number of rotatable bonds is 4. The Morgan fingerprint density at radius 2 is 2.00 bits per heavy atom. The summed E-state index contributed by atoms with van der Waals surface area (Å²) in [6.07, 6.45) is 3.24. The van der Waals surface area contributed by atoms with E-state index in [9.17, 15) is 4.79 Å². The van der Waals surface area contributed by atoms with Crippen molar-refractivity contribution in [1.82, 2.24) is 4.90 Å². The van der Waals surface area contributed by atoms with Crippen molar-refractivity contribution in [3.05, 3.63) is 0 Å². The Kier molecular flexibility index (Phi) is 4.06. The molecule has 1 amide bonds. The third kappa shape index (κ3) is 3.60. The number of nitrogens with two attached hydrogens (primary N) is 1. The Balaban J connectivity index is 1.63. The predicted molar refractivity (Wildman–Crippen MR) is 72.9 cm³/mol. The van der Waals surface area contributed by atoms with Crippen molar-refractivity contribution in [2.75, 3.05) is 26.2 Å². The monoisotopic (exact) mass is 270 g/mol. The van der Waals surface area contributed by atoms with Crippen LogP contribution in [0.1, 0.15) is 40.0 Å². The molecule has 0 bridgehead atoms. The van der Waals surface area contributed by atoms with Gasteiger partial charge in [-0.15, -0.1) is 0 Å². The Morgan fingerprint density at radius 1 is 1.37 bits per heavy atom. The van der Waals surface area contributed by atoms with E-state index in [2.05, 4.69) is 0 Å². The zero-order valence-electron chi connectivity index (χ0n) is 12.3. The van der Waals surface area contributed by atoms with E-state index in [0.29, 0.717) is 18.1 Å². The maximum absolute atomic E-state index is 11.8. The van der Waals surface area contributed by atoms with Gasteiger partial charge in [-0.3, -0.25) is 0 Å². The lowest BCUT2D eigenvalue weighted by molar-refractivity contribution is -0.146. The molecule has 0 aromatic heterocycles. The van der Waals surface area contributed by atoms with Gasteiger partial charge in [0.2, 0.25) is 0 Å². The third-order valence-electron chi connectivity index (χ3n) is 3.73. The zero-order valence-corrected chi connectivity index (χ0v) is 12.3. The molecule has 0 atom stereocenters. The average Bonchev–Trinajstić information content (AvgIpc) is 2.15. The molecule has 2 rings (SSSR count). The van der Waals surface area contributed by atoms with Gasteiger partial charge in [-0.25, -0.2) is 4.79 Å². The number of carbonyl (C=O) groups is 1. The summed E-state index contributed by atoms with van der Waals surface area (Å²) in [5.41, 5.74) is 5.33. The van der Waals surface area contributed by atoms with E-state index >= 15 is 0 Å². The molecular weight excluding hydrogens is 244 g/mol. The van der Waals surface area contributed by atoms with Crippen LogP contribution in [-0.4, -0.2) is 48.9 Å². The van der Waals surface area contributed by atoms with Gasteiger partial charge in [0.1, 0.15) is 5.60 Å². The van der Waals surface area contributed by atoms with Crippen LogP contribution in [0.5, 0.6) is 0 Å². The number of hydrogen-bond donors (Lipinski definition) is 1. The van der Waals surface area contributed by atoms with Gasteiger partial charge >= 0.3 is 6.09 Å². The first-order chi connectivity index (χ1) is 8.84. The summed E-state index contributed by atoms with van der Waals surface area (Å²) in [5, 5.41) is 0. The zero-order chi connectivity index (χ0) is 14.1. The first-order valence-electron chi connectivity index (χ1n) is 7.13. The first-order valence-corrected chi connectivity index (χ1v) is 7.13. The largest absolute Gasteiger partial charge is 0.444 e. The smallest absolute Gasteiger partial charge is 0.410 e. The number of amides is 1. The van der Waals surface area contributed by atoms with E-state index in [1.807, 2.05) is 20.8 Å². The summed E-state index contributed by atoms with van der Waals surface area (Å²) < 4.78 is 11.1. The molecule has 1 spiro atoms. The molecule has 1 saturated heterocycles. The molecule has 1 aliphatic carbocycles. The third-order valence-corrected chi connectivity index (χ3v) is 3.73. The lowest BCUT2D eigenvalue weighted by Crippen LogP contribution is -2.65. The van der Waals surface area contributed by atoms with Crippen molar-refractivity contribution in [2.45, 2.75) is 51.7 Å². The molecule has 0 radical (unpaired) electrons. The van der Waals surface area contributed by atoms with Gasteiger partial charge in [0, 0.05) is 25.1 Å². The molecule has 1 aliphatic heterocycles. The second-order valence-electron chi connectivity index (χ2n) is 6.88. The fraction of sp³-hybridized carbons (Fsp3) is 0.929. The standard InChI is InChI=1S/C14H26N2O3/c1-13(2,3)19-12(17)16-9-14(10-16)7-11(8-14)18-6-4-5-15/h11H,4-10,15H2,1-3H3. The van der Waals surface area contributed by atoms with Gasteiger partial charge in [0.25, 0.3) is 0 Å². The molecule has 2 aliphatic rings. The second kappa shape index (κ2) is 5.29. The second-order valence-corrected chi connectivity index (χ2v) is 6.88. The van der Waals surface area contributed by atoms with Crippen molar-refractivity contribution in [1.29, 1.82) is 0 Å². The van der Waals surface area contributed by atoms with Crippen LogP contribution in [0, 0.1) is 5.41 Å². The van der Waals surface area contributed by atoms with Crippen LogP contribution in [0.15, 0.2) is 0 Å². The molecule has 2 N–H and O–H groups in total. The van der Waals surface area contributed by atoms with Crippen LogP contribution >= 0.6 is 0 Å². The van der Waals surface area contributed by atoms with Crippen molar-refractivity contribution < 1.29 is 14.3 Å². The number of nitrogens with zero attached hydrogens (tertiary/aromatic N) is 1. The summed E-state index contributed by atoms with van der Waals surface area (Å²) in [7, 11) is 0. The van der Waals surface area contributed by atoms with Crippen LogP contribution in [0.2, 0.25) is 0 Å². The van der Waals surface area contributed by atoms with Gasteiger partial charge in [-0.1, -0.05) is 0 Å². The Labute approximate surface area is 115 Å². The maximum atomic E-state index is 11.8. The number of hydrogen-bond acceptors (Lipinski definition) is 4. The van der Waals surface area contributed by atoms with Crippen LogP contribution in [0.4, 0.5) is 4.79 Å². The van der Waals surface area contributed by atoms with E-state index in [1.54, 1.807) is 4.90 Å². The average molecular weight is 270 g/mol. The van der Waals surface area contributed by atoms with Crippen molar-refractivity contribution >= 4 is 6.09 Å². The fourth-order valence-corrected chi connectivity index (χ4v) is 2.83. The highest BCUT2D eigenvalue weighted by Crippen LogP contribution is 2.49. The highest BCUT2D eigenvalue weighted by molar-refractivity contribution is 5.69. The molecular formula is C14H26N2O3. The lowest BCUT2D eigenvalue weighted by atomic mass is 9.62. The summed E-state index contributed by atoms with van der Waals surface area (Å²) in [6.45, 7) is 8.76. The molecule has 0 aromatic rings. The minimum atomic E-state index is -0.409. The highest BCUT2D eigenvalue weighted by atomic mass is 16.6. The van der Waals surface area contributed by atoms with Crippen molar-refractivity contribution in [3.63, 3.8) is 0 Å². The van der Waals surface area contributed by atoms with Gasteiger partial charge in [-0.05, 0) is 46.6 Å². The van der Waals surface area contributed by atoms with Gasteiger partial charge < -0.3 is 20.1 Å². The maximum Gasteiger partial charge on any atom is 0.410 e. The Bertz CT molecular complexity index is 324. The topological polar surface area (TPSA) is 64.8 Å². The van der Waals surface area contributed by atoms with E-state index in [1.165, 1.54) is 0 Å². The minimum absolute atomic E-state index is 0.189. The van der Waals surface area contributed by atoms with Crippen molar-refractivity contribution in [3.8, 4) is 0 Å². The molecule has 0 unspecified atom stereocenters. The molecule has 110 valence electrons. The quantitative estimate of drug-likeness (QED) is 0.790. The summed E-state index contributed by atoms with van der Waals surface area (Å²) >= 11 is 0. The molecule has 1 heterocycles. The number of likely N-dealkylation sites (tertiary alicyclic amines) is 1. The Hall–Kier alpha value is -0.810. The van der Waals surface area contributed by atoms with E-state index < -0.39 is 5.60 Å². The minimum Gasteiger partial charge on any atom is -0.444 e. The van der Waals surface area contributed by atoms with Gasteiger partial charge in [0.15, 0.2) is 0 Å².